The Bertz CT molecular complexity index is 230. The molecule has 0 aromatic carbocycles. The summed E-state index contributed by atoms with van der Waals surface area (Å²) in [6, 6.07) is 0. The maximum absolute atomic E-state index is 11.5. The zero-order valence-corrected chi connectivity index (χ0v) is 10.0. The monoisotopic (exact) mass is 261 g/mol. The number of halogens is 1. The Balaban J connectivity index is 2.30. The van der Waals surface area contributed by atoms with Crippen LogP contribution in [0.2, 0.25) is 0 Å². The molecule has 2 amide bonds. The van der Waals surface area contributed by atoms with Crippen molar-refractivity contribution in [3.05, 3.63) is 0 Å². The summed E-state index contributed by atoms with van der Waals surface area (Å²) in [7, 11) is 0. The van der Waals surface area contributed by atoms with Crippen LogP contribution in [0.5, 0.6) is 0 Å². The number of nitrogens with zero attached hydrogens (tertiary/aromatic N) is 1. The molecule has 0 aliphatic carbocycles. The van der Waals surface area contributed by atoms with Gasteiger partial charge >= 0.3 is 0 Å². The molecule has 14 heavy (non-hydrogen) atoms. The normalized spacial score (nSPS) is 22.1. The number of hydrogen-bond donors (Lipinski definition) is 0. The summed E-state index contributed by atoms with van der Waals surface area (Å²) in [5.41, 5.74) is 0. The molecule has 0 spiro atoms. The summed E-state index contributed by atoms with van der Waals surface area (Å²) in [4.78, 5) is 24.2. The van der Waals surface area contributed by atoms with Gasteiger partial charge in [0.05, 0.1) is 0 Å². The van der Waals surface area contributed by atoms with Crippen molar-refractivity contribution < 1.29 is 9.59 Å². The summed E-state index contributed by atoms with van der Waals surface area (Å²) < 4.78 is 0. The molecule has 0 saturated carbocycles. The van der Waals surface area contributed by atoms with Gasteiger partial charge in [-0.3, -0.25) is 14.5 Å². The zero-order chi connectivity index (χ0) is 10.6. The van der Waals surface area contributed by atoms with Crippen molar-refractivity contribution in [2.24, 2.45) is 5.92 Å². The molecule has 1 atom stereocenters. The van der Waals surface area contributed by atoms with Gasteiger partial charge in [-0.25, -0.2) is 0 Å². The van der Waals surface area contributed by atoms with Gasteiger partial charge in [0.2, 0.25) is 11.8 Å². The molecule has 3 nitrogen and oxygen atoms in total. The summed E-state index contributed by atoms with van der Waals surface area (Å²) >= 11 is 3.35. The second-order valence-corrected chi connectivity index (χ2v) is 4.53. The van der Waals surface area contributed by atoms with Crippen molar-refractivity contribution in [3.63, 3.8) is 0 Å². The first kappa shape index (κ1) is 11.7. The van der Waals surface area contributed by atoms with E-state index in [1.54, 1.807) is 0 Å². The maximum atomic E-state index is 11.5. The van der Waals surface area contributed by atoms with Crippen LogP contribution in [0.25, 0.3) is 0 Å². The van der Waals surface area contributed by atoms with Crippen LogP contribution in [-0.4, -0.2) is 28.6 Å². The highest BCUT2D eigenvalue weighted by molar-refractivity contribution is 9.09. The van der Waals surface area contributed by atoms with Crippen molar-refractivity contribution in [1.29, 1.82) is 0 Å². The molecule has 1 aliphatic heterocycles. The molecule has 1 aliphatic rings. The first-order chi connectivity index (χ1) is 6.66. The van der Waals surface area contributed by atoms with Crippen LogP contribution in [0.1, 0.15) is 32.6 Å². The van der Waals surface area contributed by atoms with Gasteiger partial charge in [0.15, 0.2) is 0 Å². The molecule has 0 aromatic heterocycles. The molecule has 0 bridgehead atoms. The number of amides is 2. The number of carbonyl (C=O) groups is 2. The van der Waals surface area contributed by atoms with Gasteiger partial charge in [-0.1, -0.05) is 29.3 Å². The Kier molecular flexibility index (Phi) is 4.58. The molecule has 1 rings (SSSR count). The van der Waals surface area contributed by atoms with E-state index in [2.05, 4.69) is 15.9 Å². The highest BCUT2D eigenvalue weighted by Crippen LogP contribution is 2.19. The molecule has 1 saturated heterocycles. The zero-order valence-electron chi connectivity index (χ0n) is 8.46. The lowest BCUT2D eigenvalue weighted by Gasteiger charge is -2.13. The largest absolute Gasteiger partial charge is 0.282 e. The van der Waals surface area contributed by atoms with Crippen LogP contribution < -0.4 is 0 Å². The molecule has 80 valence electrons. The third kappa shape index (κ3) is 2.80. The second-order valence-electron chi connectivity index (χ2n) is 3.74. The van der Waals surface area contributed by atoms with Crippen molar-refractivity contribution in [2.75, 3.05) is 11.9 Å². The number of imide groups is 1. The summed E-state index contributed by atoms with van der Waals surface area (Å²) in [6.07, 6.45) is 3.50. The van der Waals surface area contributed by atoms with E-state index in [4.69, 9.17) is 0 Å². The van der Waals surface area contributed by atoms with Crippen molar-refractivity contribution in [1.82, 2.24) is 4.90 Å². The number of likely N-dealkylation sites (tertiary alicyclic amines) is 1. The average Bonchev–Trinajstić information content (AvgIpc) is 2.38. The van der Waals surface area contributed by atoms with E-state index >= 15 is 0 Å². The van der Waals surface area contributed by atoms with Crippen LogP contribution in [-0.2, 0) is 9.59 Å². The average molecular weight is 262 g/mol. The smallest absolute Gasteiger partial charge is 0.232 e. The van der Waals surface area contributed by atoms with E-state index in [0.717, 1.165) is 24.6 Å². The molecular formula is C10H16BrNO2. The van der Waals surface area contributed by atoms with Crippen molar-refractivity contribution >= 4 is 27.7 Å². The lowest BCUT2D eigenvalue weighted by atomic mass is 10.1. The Hall–Kier alpha value is -0.380. The minimum absolute atomic E-state index is 0.00124. The van der Waals surface area contributed by atoms with Crippen LogP contribution in [0.3, 0.4) is 0 Å². The highest BCUT2D eigenvalue weighted by Gasteiger charge is 2.34. The van der Waals surface area contributed by atoms with E-state index < -0.39 is 0 Å². The van der Waals surface area contributed by atoms with Gasteiger partial charge in [0, 0.05) is 24.2 Å². The molecule has 4 heteroatoms. The Morgan fingerprint density at radius 3 is 2.57 bits per heavy atom. The molecule has 0 radical (unpaired) electrons. The number of alkyl halides is 1. The van der Waals surface area contributed by atoms with Crippen LogP contribution in [0.4, 0.5) is 0 Å². The van der Waals surface area contributed by atoms with E-state index in [9.17, 15) is 9.59 Å². The maximum Gasteiger partial charge on any atom is 0.232 e. The van der Waals surface area contributed by atoms with Gasteiger partial charge in [0.1, 0.15) is 0 Å². The van der Waals surface area contributed by atoms with Crippen molar-refractivity contribution in [3.8, 4) is 0 Å². The first-order valence-corrected chi connectivity index (χ1v) is 6.19. The summed E-state index contributed by atoms with van der Waals surface area (Å²) in [6.45, 7) is 2.42. The number of unbranched alkanes of at least 4 members (excludes halogenated alkanes) is 2. The predicted octanol–water partition coefficient (Wildman–Crippen LogP) is 1.95. The molecule has 0 N–H and O–H groups in total. The fraction of sp³-hybridized carbons (Fsp3) is 0.800. The van der Waals surface area contributed by atoms with Gasteiger partial charge in [-0.2, -0.15) is 0 Å². The third-order valence-electron chi connectivity index (χ3n) is 2.48. The van der Waals surface area contributed by atoms with E-state index in [-0.39, 0.29) is 17.7 Å². The second kappa shape index (κ2) is 5.49. The summed E-state index contributed by atoms with van der Waals surface area (Å²) in [5, 5.41) is 0.991. The fourth-order valence-electron chi connectivity index (χ4n) is 1.62. The van der Waals surface area contributed by atoms with Crippen LogP contribution in [0, 0.1) is 5.92 Å². The molecular weight excluding hydrogens is 246 g/mol. The fourth-order valence-corrected chi connectivity index (χ4v) is 2.02. The minimum Gasteiger partial charge on any atom is -0.282 e. The minimum atomic E-state index is -0.0984. The van der Waals surface area contributed by atoms with E-state index in [0.29, 0.717) is 13.0 Å². The quantitative estimate of drug-likeness (QED) is 0.431. The van der Waals surface area contributed by atoms with Crippen LogP contribution >= 0.6 is 15.9 Å². The molecule has 1 fully saturated rings. The number of rotatable bonds is 5. The van der Waals surface area contributed by atoms with Crippen LogP contribution in [0.15, 0.2) is 0 Å². The van der Waals surface area contributed by atoms with Gasteiger partial charge < -0.3 is 0 Å². The van der Waals surface area contributed by atoms with Crippen molar-refractivity contribution in [2.45, 2.75) is 32.6 Å². The highest BCUT2D eigenvalue weighted by atomic mass is 79.9. The molecule has 0 aromatic rings. The van der Waals surface area contributed by atoms with Gasteiger partial charge in [-0.05, 0) is 12.8 Å². The first-order valence-electron chi connectivity index (χ1n) is 5.07. The van der Waals surface area contributed by atoms with E-state index in [1.165, 1.54) is 4.90 Å². The number of carbonyl (C=O) groups excluding carboxylic acids is 2. The lowest BCUT2D eigenvalue weighted by molar-refractivity contribution is -0.139. The molecule has 1 unspecified atom stereocenters. The topological polar surface area (TPSA) is 37.4 Å². The predicted molar refractivity (Wildman–Crippen MR) is 58.1 cm³/mol. The van der Waals surface area contributed by atoms with Gasteiger partial charge in [0.25, 0.3) is 0 Å². The Labute approximate surface area is 93.0 Å². The third-order valence-corrected chi connectivity index (χ3v) is 3.05. The number of hydrogen-bond acceptors (Lipinski definition) is 2. The SMILES string of the molecule is CC1CC(=O)N(CCCCCBr)C1=O. The Morgan fingerprint density at radius 2 is 2.07 bits per heavy atom. The summed E-state index contributed by atoms with van der Waals surface area (Å²) in [5.74, 6) is -0.0890. The van der Waals surface area contributed by atoms with Gasteiger partial charge in [-0.15, -0.1) is 0 Å². The molecule has 1 heterocycles. The lowest BCUT2D eigenvalue weighted by Crippen LogP contribution is -2.31. The van der Waals surface area contributed by atoms with E-state index in [1.807, 2.05) is 6.92 Å². The Morgan fingerprint density at radius 1 is 1.36 bits per heavy atom. The standard InChI is InChI=1S/C10H16BrNO2/c1-8-7-9(13)12(10(8)14)6-4-2-3-5-11/h8H,2-7H2,1H3.